The van der Waals surface area contributed by atoms with Gasteiger partial charge in [-0.05, 0) is 37.6 Å². The van der Waals surface area contributed by atoms with E-state index in [0.717, 1.165) is 23.9 Å². The molecule has 0 aliphatic carbocycles. The molecule has 0 aromatic heterocycles. The predicted molar refractivity (Wildman–Crippen MR) is 66.8 cm³/mol. The first-order valence-corrected chi connectivity index (χ1v) is 6.51. The minimum atomic E-state index is -4.38. The third kappa shape index (κ3) is 4.33. The second kappa shape index (κ2) is 6.22. The highest BCUT2D eigenvalue weighted by Gasteiger charge is 2.30. The van der Waals surface area contributed by atoms with Crippen molar-refractivity contribution >= 4 is 21.8 Å². The highest BCUT2D eigenvalue weighted by molar-refractivity contribution is 9.09. The lowest BCUT2D eigenvalue weighted by atomic mass is 10.1. The van der Waals surface area contributed by atoms with Gasteiger partial charge in [0.1, 0.15) is 0 Å². The Labute approximate surface area is 112 Å². The summed E-state index contributed by atoms with van der Waals surface area (Å²) in [6.07, 6.45) is -3.62. The molecule has 0 saturated carbocycles. The molecule has 1 amide bonds. The van der Waals surface area contributed by atoms with E-state index in [2.05, 4.69) is 21.2 Å². The third-order valence-electron chi connectivity index (χ3n) is 2.39. The maximum absolute atomic E-state index is 12.3. The van der Waals surface area contributed by atoms with Gasteiger partial charge in [0.25, 0.3) is 5.91 Å². The number of benzene rings is 1. The van der Waals surface area contributed by atoms with E-state index >= 15 is 0 Å². The standard InChI is InChI=1S/C12H13BrF3NO/c1-8(6-7-13)17-11(18)9-2-4-10(5-3-9)12(14,15)16/h2-5,8H,6-7H2,1H3,(H,17,18). The second-order valence-corrected chi connectivity index (χ2v) is 4.72. The molecule has 6 heteroatoms. The Morgan fingerprint density at radius 3 is 2.33 bits per heavy atom. The molecule has 0 fully saturated rings. The molecule has 1 rings (SSSR count). The van der Waals surface area contributed by atoms with Crippen LogP contribution in [0.15, 0.2) is 24.3 Å². The van der Waals surface area contributed by atoms with Crippen LogP contribution in [0.3, 0.4) is 0 Å². The summed E-state index contributed by atoms with van der Waals surface area (Å²) in [5.74, 6) is -0.364. The molecule has 1 aromatic rings. The fraction of sp³-hybridized carbons (Fsp3) is 0.417. The number of carbonyl (C=O) groups excluding carboxylic acids is 1. The zero-order valence-corrected chi connectivity index (χ0v) is 11.3. The van der Waals surface area contributed by atoms with Crippen molar-refractivity contribution in [2.24, 2.45) is 0 Å². The van der Waals surface area contributed by atoms with Crippen LogP contribution in [0.4, 0.5) is 13.2 Å². The predicted octanol–water partition coefficient (Wildman–Crippen LogP) is 3.61. The van der Waals surface area contributed by atoms with Crippen molar-refractivity contribution in [3.63, 3.8) is 0 Å². The molecule has 0 spiro atoms. The van der Waals surface area contributed by atoms with Crippen LogP contribution in [-0.4, -0.2) is 17.3 Å². The lowest BCUT2D eigenvalue weighted by Crippen LogP contribution is -2.32. The molecule has 18 heavy (non-hydrogen) atoms. The van der Waals surface area contributed by atoms with Crippen LogP contribution in [0, 0.1) is 0 Å². The quantitative estimate of drug-likeness (QED) is 0.843. The van der Waals surface area contributed by atoms with Crippen molar-refractivity contribution in [3.05, 3.63) is 35.4 Å². The Hall–Kier alpha value is -1.04. The topological polar surface area (TPSA) is 29.1 Å². The molecule has 2 nitrogen and oxygen atoms in total. The van der Waals surface area contributed by atoms with Crippen molar-refractivity contribution in [2.75, 3.05) is 5.33 Å². The number of amides is 1. The summed E-state index contributed by atoms with van der Waals surface area (Å²) in [5.41, 5.74) is -0.531. The Bertz CT molecular complexity index is 403. The lowest BCUT2D eigenvalue weighted by Gasteiger charge is -2.13. The number of carbonyl (C=O) groups is 1. The molecule has 0 bridgehead atoms. The summed E-state index contributed by atoms with van der Waals surface area (Å²) in [4.78, 5) is 11.7. The van der Waals surface area contributed by atoms with Gasteiger partial charge in [0, 0.05) is 16.9 Å². The van der Waals surface area contributed by atoms with Crippen LogP contribution >= 0.6 is 15.9 Å². The molecule has 0 aliphatic rings. The second-order valence-electron chi connectivity index (χ2n) is 3.93. The molecule has 0 saturated heterocycles. The fourth-order valence-corrected chi connectivity index (χ4v) is 2.04. The third-order valence-corrected chi connectivity index (χ3v) is 2.85. The molecule has 0 radical (unpaired) electrons. The first-order valence-electron chi connectivity index (χ1n) is 5.38. The Morgan fingerprint density at radius 1 is 1.33 bits per heavy atom. The first-order chi connectivity index (χ1) is 8.34. The van der Waals surface area contributed by atoms with Crippen LogP contribution in [0.2, 0.25) is 0 Å². The highest BCUT2D eigenvalue weighted by Crippen LogP contribution is 2.29. The van der Waals surface area contributed by atoms with Crippen molar-refractivity contribution in [2.45, 2.75) is 25.6 Å². The summed E-state index contributed by atoms with van der Waals surface area (Å²) >= 11 is 3.25. The van der Waals surface area contributed by atoms with E-state index in [1.54, 1.807) is 0 Å². The number of hydrogen-bond acceptors (Lipinski definition) is 1. The van der Waals surface area contributed by atoms with Crippen LogP contribution in [-0.2, 0) is 6.18 Å². The van der Waals surface area contributed by atoms with Gasteiger partial charge in [-0.2, -0.15) is 13.2 Å². The van der Waals surface area contributed by atoms with Crippen LogP contribution in [0.5, 0.6) is 0 Å². The van der Waals surface area contributed by atoms with Gasteiger partial charge in [0.15, 0.2) is 0 Å². The van der Waals surface area contributed by atoms with Gasteiger partial charge in [0.05, 0.1) is 5.56 Å². The van der Waals surface area contributed by atoms with Gasteiger partial charge in [-0.15, -0.1) is 0 Å². The zero-order valence-electron chi connectivity index (χ0n) is 9.72. The van der Waals surface area contributed by atoms with Gasteiger partial charge in [-0.25, -0.2) is 0 Å². The number of hydrogen-bond donors (Lipinski definition) is 1. The maximum Gasteiger partial charge on any atom is 0.416 e. The average Bonchev–Trinajstić information content (AvgIpc) is 2.28. The average molecular weight is 324 g/mol. The Kier molecular flexibility index (Phi) is 5.19. The van der Waals surface area contributed by atoms with Gasteiger partial charge < -0.3 is 5.32 Å². The number of alkyl halides is 4. The SMILES string of the molecule is CC(CCBr)NC(=O)c1ccc(C(F)(F)F)cc1. The minimum Gasteiger partial charge on any atom is -0.350 e. The van der Waals surface area contributed by atoms with Gasteiger partial charge >= 0.3 is 6.18 Å². The molecule has 1 N–H and O–H groups in total. The van der Waals surface area contributed by atoms with E-state index in [4.69, 9.17) is 0 Å². The van der Waals surface area contributed by atoms with E-state index in [0.29, 0.717) is 0 Å². The van der Waals surface area contributed by atoms with Crippen molar-refractivity contribution in [1.82, 2.24) is 5.32 Å². The molecule has 1 aromatic carbocycles. The molecule has 1 atom stereocenters. The van der Waals surface area contributed by atoms with Gasteiger partial charge in [-0.1, -0.05) is 15.9 Å². The monoisotopic (exact) mass is 323 g/mol. The molecule has 1 unspecified atom stereocenters. The number of halogens is 4. The highest BCUT2D eigenvalue weighted by atomic mass is 79.9. The van der Waals surface area contributed by atoms with Crippen LogP contribution in [0.1, 0.15) is 29.3 Å². The van der Waals surface area contributed by atoms with E-state index in [1.807, 2.05) is 6.92 Å². The van der Waals surface area contributed by atoms with Crippen molar-refractivity contribution in [1.29, 1.82) is 0 Å². The molecule has 0 aliphatic heterocycles. The van der Waals surface area contributed by atoms with Gasteiger partial charge in [-0.3, -0.25) is 4.79 Å². The van der Waals surface area contributed by atoms with Crippen molar-refractivity contribution in [3.8, 4) is 0 Å². The summed E-state index contributed by atoms with van der Waals surface area (Å²) in [5, 5.41) is 3.46. The van der Waals surface area contributed by atoms with E-state index in [1.165, 1.54) is 12.1 Å². The number of nitrogens with one attached hydrogen (secondary N) is 1. The molecule has 100 valence electrons. The first kappa shape index (κ1) is 15.0. The summed E-state index contributed by atoms with van der Waals surface area (Å²) < 4.78 is 37.0. The molecular weight excluding hydrogens is 311 g/mol. The number of rotatable bonds is 4. The largest absolute Gasteiger partial charge is 0.416 e. The normalized spacial score (nSPS) is 13.2. The van der Waals surface area contributed by atoms with E-state index in [9.17, 15) is 18.0 Å². The van der Waals surface area contributed by atoms with E-state index in [-0.39, 0.29) is 17.5 Å². The Balaban J connectivity index is 2.71. The molecular formula is C12H13BrF3NO. The minimum absolute atomic E-state index is 0.0285. The zero-order chi connectivity index (χ0) is 13.8. The Morgan fingerprint density at radius 2 is 1.89 bits per heavy atom. The fourth-order valence-electron chi connectivity index (χ4n) is 1.35. The lowest BCUT2D eigenvalue weighted by molar-refractivity contribution is -0.137. The van der Waals surface area contributed by atoms with Crippen LogP contribution in [0.25, 0.3) is 0 Å². The smallest absolute Gasteiger partial charge is 0.350 e. The summed E-state index contributed by atoms with van der Waals surface area (Å²) in [6.45, 7) is 1.84. The van der Waals surface area contributed by atoms with Crippen LogP contribution < -0.4 is 5.32 Å². The maximum atomic E-state index is 12.3. The summed E-state index contributed by atoms with van der Waals surface area (Å²) in [6, 6.07) is 4.14. The van der Waals surface area contributed by atoms with Crippen molar-refractivity contribution < 1.29 is 18.0 Å². The van der Waals surface area contributed by atoms with E-state index < -0.39 is 11.7 Å². The summed E-state index contributed by atoms with van der Waals surface area (Å²) in [7, 11) is 0. The molecule has 0 heterocycles. The van der Waals surface area contributed by atoms with Gasteiger partial charge in [0.2, 0.25) is 0 Å².